The van der Waals surface area contributed by atoms with Crippen molar-refractivity contribution in [3.8, 4) is 11.5 Å². The molecule has 118 valence electrons. The summed E-state index contributed by atoms with van der Waals surface area (Å²) in [5, 5.41) is 3.51. The van der Waals surface area contributed by atoms with E-state index >= 15 is 0 Å². The highest BCUT2D eigenvalue weighted by molar-refractivity contribution is 5.39. The minimum absolute atomic E-state index is 0.390. The average molecular weight is 293 g/mol. The first-order chi connectivity index (χ1) is 10.3. The molecule has 4 heteroatoms. The van der Waals surface area contributed by atoms with Crippen LogP contribution in [0, 0.1) is 0 Å². The van der Waals surface area contributed by atoms with E-state index in [-0.39, 0.29) is 0 Å². The highest BCUT2D eigenvalue weighted by Crippen LogP contribution is 2.26. The van der Waals surface area contributed by atoms with E-state index in [9.17, 15) is 0 Å². The van der Waals surface area contributed by atoms with Crippen LogP contribution in [0.1, 0.15) is 32.6 Å². The molecule has 0 heterocycles. The molecule has 1 N–H and O–H groups in total. The SMILES string of the molecule is CCNC1CCC(OCCOc2ccccc2OC)CC1. The van der Waals surface area contributed by atoms with Crippen molar-refractivity contribution in [1.82, 2.24) is 5.32 Å². The van der Waals surface area contributed by atoms with Gasteiger partial charge < -0.3 is 19.5 Å². The summed E-state index contributed by atoms with van der Waals surface area (Å²) in [6.45, 7) is 4.42. The lowest BCUT2D eigenvalue weighted by Gasteiger charge is -2.29. The average Bonchev–Trinajstić information content (AvgIpc) is 2.54. The smallest absolute Gasteiger partial charge is 0.161 e. The van der Waals surface area contributed by atoms with E-state index < -0.39 is 0 Å². The molecule has 0 amide bonds. The van der Waals surface area contributed by atoms with Crippen molar-refractivity contribution in [3.63, 3.8) is 0 Å². The first-order valence-electron chi connectivity index (χ1n) is 7.94. The molecule has 0 saturated heterocycles. The Kier molecular flexibility index (Phi) is 6.83. The predicted octanol–water partition coefficient (Wildman–Crippen LogP) is 3.01. The fraction of sp³-hybridized carbons (Fsp3) is 0.647. The molecule has 21 heavy (non-hydrogen) atoms. The van der Waals surface area contributed by atoms with Gasteiger partial charge in [0.25, 0.3) is 0 Å². The lowest BCUT2D eigenvalue weighted by atomic mass is 9.93. The third-order valence-corrected chi connectivity index (χ3v) is 3.93. The van der Waals surface area contributed by atoms with Crippen LogP contribution in [-0.4, -0.2) is 39.0 Å². The van der Waals surface area contributed by atoms with Gasteiger partial charge in [0.2, 0.25) is 0 Å². The second-order valence-electron chi connectivity index (χ2n) is 5.40. The zero-order chi connectivity index (χ0) is 14.9. The number of hydrogen-bond donors (Lipinski definition) is 1. The fourth-order valence-corrected chi connectivity index (χ4v) is 2.83. The monoisotopic (exact) mass is 293 g/mol. The Balaban J connectivity index is 1.62. The minimum Gasteiger partial charge on any atom is -0.493 e. The van der Waals surface area contributed by atoms with Crippen LogP contribution in [0.2, 0.25) is 0 Å². The summed E-state index contributed by atoms with van der Waals surface area (Å²) >= 11 is 0. The zero-order valence-electron chi connectivity index (χ0n) is 13.1. The molecule has 0 radical (unpaired) electrons. The van der Waals surface area contributed by atoms with Gasteiger partial charge >= 0.3 is 0 Å². The van der Waals surface area contributed by atoms with Crippen LogP contribution in [0.4, 0.5) is 0 Å². The number of rotatable bonds is 8. The Morgan fingerprint density at radius 1 is 1.05 bits per heavy atom. The van der Waals surface area contributed by atoms with E-state index in [1.165, 1.54) is 12.8 Å². The van der Waals surface area contributed by atoms with Crippen LogP contribution < -0.4 is 14.8 Å². The van der Waals surface area contributed by atoms with Crippen molar-refractivity contribution in [3.05, 3.63) is 24.3 Å². The lowest BCUT2D eigenvalue weighted by Crippen LogP contribution is -2.35. The van der Waals surface area contributed by atoms with Crippen molar-refractivity contribution < 1.29 is 14.2 Å². The molecule has 1 aromatic carbocycles. The molecular formula is C17H27NO3. The van der Waals surface area contributed by atoms with E-state index in [2.05, 4.69) is 12.2 Å². The molecular weight excluding hydrogens is 266 g/mol. The normalized spacial score (nSPS) is 22.0. The third-order valence-electron chi connectivity index (χ3n) is 3.93. The molecule has 1 saturated carbocycles. The summed E-state index contributed by atoms with van der Waals surface area (Å²) in [6, 6.07) is 8.38. The van der Waals surface area contributed by atoms with Gasteiger partial charge in [0, 0.05) is 6.04 Å². The van der Waals surface area contributed by atoms with Crippen LogP contribution in [-0.2, 0) is 4.74 Å². The van der Waals surface area contributed by atoms with Crippen molar-refractivity contribution in [2.24, 2.45) is 0 Å². The summed E-state index contributed by atoms with van der Waals surface area (Å²) in [5.41, 5.74) is 0. The van der Waals surface area contributed by atoms with Crippen molar-refractivity contribution in [2.45, 2.75) is 44.8 Å². The van der Waals surface area contributed by atoms with Crippen LogP contribution in [0.25, 0.3) is 0 Å². The van der Waals surface area contributed by atoms with Gasteiger partial charge in [-0.15, -0.1) is 0 Å². The first kappa shape index (κ1) is 16.1. The van der Waals surface area contributed by atoms with E-state index in [4.69, 9.17) is 14.2 Å². The molecule has 0 atom stereocenters. The molecule has 1 aliphatic carbocycles. The standard InChI is InChI=1S/C17H27NO3/c1-3-18-14-8-10-15(11-9-14)20-12-13-21-17-7-5-4-6-16(17)19-2/h4-7,14-15,18H,3,8-13H2,1-2H3. The fourth-order valence-electron chi connectivity index (χ4n) is 2.83. The summed E-state index contributed by atoms with van der Waals surface area (Å²) < 4.78 is 16.9. The minimum atomic E-state index is 0.390. The van der Waals surface area contributed by atoms with E-state index in [0.717, 1.165) is 30.9 Å². The molecule has 0 unspecified atom stereocenters. The zero-order valence-corrected chi connectivity index (χ0v) is 13.1. The Hall–Kier alpha value is -1.26. The second kappa shape index (κ2) is 8.90. The van der Waals surface area contributed by atoms with Crippen LogP contribution in [0.5, 0.6) is 11.5 Å². The van der Waals surface area contributed by atoms with Crippen molar-refractivity contribution >= 4 is 0 Å². The summed E-state index contributed by atoms with van der Waals surface area (Å²) in [5.74, 6) is 1.54. The number of nitrogens with one attached hydrogen (secondary N) is 1. The summed E-state index contributed by atoms with van der Waals surface area (Å²) in [6.07, 6.45) is 5.11. The molecule has 0 spiro atoms. The summed E-state index contributed by atoms with van der Waals surface area (Å²) in [7, 11) is 1.65. The van der Waals surface area contributed by atoms with Gasteiger partial charge in [-0.05, 0) is 44.4 Å². The molecule has 4 nitrogen and oxygen atoms in total. The van der Waals surface area contributed by atoms with Crippen LogP contribution in [0.3, 0.4) is 0 Å². The third kappa shape index (κ3) is 5.21. The van der Waals surface area contributed by atoms with Crippen molar-refractivity contribution in [2.75, 3.05) is 26.9 Å². The number of methoxy groups -OCH3 is 1. The van der Waals surface area contributed by atoms with Gasteiger partial charge in [0.15, 0.2) is 11.5 Å². The van der Waals surface area contributed by atoms with Gasteiger partial charge in [0.1, 0.15) is 6.61 Å². The molecule has 1 fully saturated rings. The maximum atomic E-state index is 5.91. The quantitative estimate of drug-likeness (QED) is 0.748. The highest BCUT2D eigenvalue weighted by Gasteiger charge is 2.20. The predicted molar refractivity (Wildman–Crippen MR) is 84.2 cm³/mol. The van der Waals surface area contributed by atoms with Gasteiger partial charge in [-0.25, -0.2) is 0 Å². The van der Waals surface area contributed by atoms with E-state index in [1.54, 1.807) is 7.11 Å². The van der Waals surface area contributed by atoms with Gasteiger partial charge in [0.05, 0.1) is 19.8 Å². The molecule has 0 aliphatic heterocycles. The molecule has 1 aliphatic rings. The number of hydrogen-bond acceptors (Lipinski definition) is 4. The van der Waals surface area contributed by atoms with Crippen molar-refractivity contribution in [1.29, 1.82) is 0 Å². The Morgan fingerprint density at radius 3 is 2.43 bits per heavy atom. The summed E-state index contributed by atoms with van der Waals surface area (Å²) in [4.78, 5) is 0. The molecule has 0 bridgehead atoms. The molecule has 2 rings (SSSR count). The van der Waals surface area contributed by atoms with Gasteiger partial charge in [-0.1, -0.05) is 19.1 Å². The van der Waals surface area contributed by atoms with Gasteiger partial charge in [-0.2, -0.15) is 0 Å². The van der Waals surface area contributed by atoms with Crippen LogP contribution in [0.15, 0.2) is 24.3 Å². The lowest BCUT2D eigenvalue weighted by molar-refractivity contribution is 0.00784. The Labute approximate surface area is 127 Å². The maximum Gasteiger partial charge on any atom is 0.161 e. The Bertz CT molecular complexity index is 403. The molecule has 0 aromatic heterocycles. The Morgan fingerprint density at radius 2 is 1.76 bits per heavy atom. The topological polar surface area (TPSA) is 39.7 Å². The van der Waals surface area contributed by atoms with E-state index in [0.29, 0.717) is 25.4 Å². The number of para-hydroxylation sites is 2. The molecule has 1 aromatic rings. The van der Waals surface area contributed by atoms with E-state index in [1.807, 2.05) is 24.3 Å². The first-order valence-corrected chi connectivity index (χ1v) is 7.94. The second-order valence-corrected chi connectivity index (χ2v) is 5.40. The maximum absolute atomic E-state index is 5.91. The highest BCUT2D eigenvalue weighted by atomic mass is 16.5. The van der Waals surface area contributed by atoms with Crippen LogP contribution >= 0.6 is 0 Å². The number of benzene rings is 1. The largest absolute Gasteiger partial charge is 0.493 e. The number of ether oxygens (including phenoxy) is 3. The van der Waals surface area contributed by atoms with Gasteiger partial charge in [-0.3, -0.25) is 0 Å².